The second kappa shape index (κ2) is 17.8. The largest absolute Gasteiger partial charge is 0.453 e. The molecule has 2 saturated heterocycles. The smallest absolute Gasteiger partial charge is 0.407 e. The molecule has 2 aliphatic heterocycles. The Morgan fingerprint density at radius 2 is 1.18 bits per heavy atom. The molecule has 0 unspecified atom stereocenters. The van der Waals surface area contributed by atoms with Crippen molar-refractivity contribution in [2.24, 2.45) is 11.8 Å². The van der Waals surface area contributed by atoms with Gasteiger partial charge in [-0.2, -0.15) is 0 Å². The number of aromatic nitrogens is 4. The summed E-state index contributed by atoms with van der Waals surface area (Å²) in [6, 6.07) is 14.0. The van der Waals surface area contributed by atoms with Crippen LogP contribution in [0.5, 0.6) is 0 Å². The quantitative estimate of drug-likeness (QED) is 0.135. The maximum absolute atomic E-state index is 13.7. The number of rotatable bonds is 10. The molecule has 0 saturated carbocycles. The van der Waals surface area contributed by atoms with E-state index in [0.717, 1.165) is 59.3 Å². The summed E-state index contributed by atoms with van der Waals surface area (Å²) in [5.74, 6) is 7.40. The van der Waals surface area contributed by atoms with Crippen LogP contribution in [-0.2, 0) is 19.1 Å². The SMILES string of the molecule is COC(=O)N[C@H](C(=O)N1CCC[C@H]1c1ncc(-c2ccc(C#Cc3ccc(-c4cnc([C@@H]5CC[C@H](C)N5C(=O)[C@@H](NC(=O)OC)C(C)C)[nH]4)cc3)cc2)[nH]1)C(C)C. The Bertz CT molecular complexity index is 2110. The van der Waals surface area contributed by atoms with E-state index in [1.165, 1.54) is 14.2 Å². The fraction of sp³-hybridized carbons (Fsp3) is 0.442. The number of imidazole rings is 2. The molecule has 4 aromatic rings. The molecule has 300 valence electrons. The van der Waals surface area contributed by atoms with Crippen LogP contribution >= 0.6 is 0 Å². The highest BCUT2D eigenvalue weighted by Gasteiger charge is 2.41. The highest BCUT2D eigenvalue weighted by atomic mass is 16.5. The predicted octanol–water partition coefficient (Wildman–Crippen LogP) is 6.34. The van der Waals surface area contributed by atoms with E-state index < -0.39 is 24.3 Å². The topological polar surface area (TPSA) is 175 Å². The Morgan fingerprint density at radius 3 is 1.65 bits per heavy atom. The minimum absolute atomic E-state index is 0.00128. The van der Waals surface area contributed by atoms with Crippen LogP contribution in [-0.4, -0.2) is 92.6 Å². The molecule has 2 aliphatic rings. The van der Waals surface area contributed by atoms with Crippen LogP contribution in [0, 0.1) is 23.7 Å². The monoisotopic (exact) mass is 776 g/mol. The number of amides is 4. The minimum atomic E-state index is -0.706. The summed E-state index contributed by atoms with van der Waals surface area (Å²) in [6.45, 7) is 10.2. The minimum Gasteiger partial charge on any atom is -0.453 e. The maximum atomic E-state index is 13.7. The fourth-order valence-electron chi connectivity index (χ4n) is 7.59. The predicted molar refractivity (Wildman–Crippen MR) is 214 cm³/mol. The zero-order chi connectivity index (χ0) is 40.8. The van der Waals surface area contributed by atoms with Crippen LogP contribution < -0.4 is 10.6 Å². The number of methoxy groups -OCH3 is 2. The first-order valence-corrected chi connectivity index (χ1v) is 19.5. The first kappa shape index (κ1) is 40.6. The molecule has 4 heterocycles. The molecule has 0 aliphatic carbocycles. The van der Waals surface area contributed by atoms with Gasteiger partial charge in [-0.1, -0.05) is 63.8 Å². The van der Waals surface area contributed by atoms with E-state index >= 15 is 0 Å². The average Bonchev–Trinajstić information content (AvgIpc) is 4.05. The van der Waals surface area contributed by atoms with Crippen LogP contribution in [0.25, 0.3) is 22.5 Å². The number of nitrogens with one attached hydrogen (secondary N) is 4. The normalized spacial score (nSPS) is 18.9. The third-order valence-electron chi connectivity index (χ3n) is 10.8. The van der Waals surface area contributed by atoms with Crippen molar-refractivity contribution in [2.45, 2.75) is 90.5 Å². The van der Waals surface area contributed by atoms with Gasteiger partial charge in [-0.05, 0) is 79.8 Å². The Labute approximate surface area is 333 Å². The summed E-state index contributed by atoms with van der Waals surface area (Å²) in [5.41, 5.74) is 5.29. The van der Waals surface area contributed by atoms with Crippen molar-refractivity contribution in [2.75, 3.05) is 20.8 Å². The number of aromatic amines is 2. The average molecular weight is 777 g/mol. The van der Waals surface area contributed by atoms with Crippen LogP contribution in [0.15, 0.2) is 60.9 Å². The van der Waals surface area contributed by atoms with Crippen molar-refractivity contribution in [1.82, 2.24) is 40.4 Å². The number of H-pyrrole nitrogens is 2. The molecule has 6 rings (SSSR count). The van der Waals surface area contributed by atoms with Gasteiger partial charge in [-0.3, -0.25) is 9.59 Å². The van der Waals surface area contributed by atoms with E-state index in [-0.39, 0.29) is 41.8 Å². The molecule has 4 amide bonds. The lowest BCUT2D eigenvalue weighted by Gasteiger charge is -2.32. The van der Waals surface area contributed by atoms with E-state index in [1.54, 1.807) is 17.3 Å². The van der Waals surface area contributed by atoms with Gasteiger partial charge >= 0.3 is 12.2 Å². The molecule has 5 atom stereocenters. The van der Waals surface area contributed by atoms with Gasteiger partial charge in [0.05, 0.1) is 50.1 Å². The second-order valence-corrected chi connectivity index (χ2v) is 15.4. The summed E-state index contributed by atoms with van der Waals surface area (Å²) >= 11 is 0. The number of ether oxygens (including phenoxy) is 2. The summed E-state index contributed by atoms with van der Waals surface area (Å²) < 4.78 is 9.52. The summed E-state index contributed by atoms with van der Waals surface area (Å²) in [6.07, 6.45) is 5.53. The second-order valence-electron chi connectivity index (χ2n) is 15.4. The van der Waals surface area contributed by atoms with Crippen LogP contribution in [0.4, 0.5) is 9.59 Å². The molecule has 57 heavy (non-hydrogen) atoms. The molecule has 0 bridgehead atoms. The van der Waals surface area contributed by atoms with Gasteiger partial charge in [0, 0.05) is 23.7 Å². The number of hydrogen-bond donors (Lipinski definition) is 4. The number of likely N-dealkylation sites (tertiary alicyclic amines) is 2. The highest BCUT2D eigenvalue weighted by molar-refractivity contribution is 5.87. The van der Waals surface area contributed by atoms with Crippen LogP contribution in [0.2, 0.25) is 0 Å². The number of nitrogens with zero attached hydrogens (tertiary/aromatic N) is 4. The van der Waals surface area contributed by atoms with Gasteiger partial charge in [0.25, 0.3) is 0 Å². The van der Waals surface area contributed by atoms with Gasteiger partial charge in [0.15, 0.2) is 0 Å². The van der Waals surface area contributed by atoms with Crippen LogP contribution in [0.1, 0.15) is 95.2 Å². The molecule has 2 aromatic carbocycles. The first-order chi connectivity index (χ1) is 27.4. The molecule has 4 N–H and O–H groups in total. The zero-order valence-electron chi connectivity index (χ0n) is 33.6. The third-order valence-corrected chi connectivity index (χ3v) is 10.8. The number of alkyl carbamates (subject to hydrolysis) is 2. The lowest BCUT2D eigenvalue weighted by atomic mass is 10.0. The van der Waals surface area contributed by atoms with E-state index in [4.69, 9.17) is 9.47 Å². The zero-order valence-corrected chi connectivity index (χ0v) is 33.6. The third kappa shape index (κ3) is 9.14. The number of carbonyl (C=O) groups is 4. The van der Waals surface area contributed by atoms with E-state index in [9.17, 15) is 19.2 Å². The van der Waals surface area contributed by atoms with E-state index in [0.29, 0.717) is 18.2 Å². The highest BCUT2D eigenvalue weighted by Crippen LogP contribution is 2.37. The van der Waals surface area contributed by atoms with E-state index in [1.807, 2.05) is 88.0 Å². The Hall–Kier alpha value is -6.10. The van der Waals surface area contributed by atoms with Gasteiger partial charge in [0.2, 0.25) is 11.8 Å². The molecule has 0 radical (unpaired) electrons. The molecular formula is C43H52N8O6. The maximum Gasteiger partial charge on any atom is 0.407 e. The Balaban J connectivity index is 1.09. The molecule has 2 fully saturated rings. The molecule has 14 nitrogen and oxygen atoms in total. The summed E-state index contributed by atoms with van der Waals surface area (Å²) in [7, 11) is 2.57. The fourth-order valence-corrected chi connectivity index (χ4v) is 7.59. The summed E-state index contributed by atoms with van der Waals surface area (Å²) in [4.78, 5) is 70.9. The van der Waals surface area contributed by atoms with Gasteiger partial charge in [-0.15, -0.1) is 0 Å². The number of carbonyl (C=O) groups excluding carboxylic acids is 4. The van der Waals surface area contributed by atoms with Crippen molar-refractivity contribution in [3.05, 3.63) is 83.7 Å². The molecule has 2 aromatic heterocycles. The number of hydrogen-bond acceptors (Lipinski definition) is 8. The lowest BCUT2D eigenvalue weighted by Crippen LogP contribution is -2.52. The van der Waals surface area contributed by atoms with Crippen molar-refractivity contribution in [3.63, 3.8) is 0 Å². The lowest BCUT2D eigenvalue weighted by molar-refractivity contribution is -0.137. The van der Waals surface area contributed by atoms with Crippen molar-refractivity contribution >= 4 is 24.0 Å². The van der Waals surface area contributed by atoms with Gasteiger partial charge < -0.3 is 39.9 Å². The molecule has 14 heteroatoms. The van der Waals surface area contributed by atoms with Crippen molar-refractivity contribution in [1.29, 1.82) is 0 Å². The number of benzene rings is 2. The molecular weight excluding hydrogens is 725 g/mol. The van der Waals surface area contributed by atoms with Crippen LogP contribution in [0.3, 0.4) is 0 Å². The molecule has 0 spiro atoms. The Kier molecular flexibility index (Phi) is 12.7. The summed E-state index contributed by atoms with van der Waals surface area (Å²) in [5, 5.41) is 5.39. The van der Waals surface area contributed by atoms with Gasteiger partial charge in [-0.25, -0.2) is 19.6 Å². The van der Waals surface area contributed by atoms with Crippen molar-refractivity contribution in [3.8, 4) is 34.4 Å². The first-order valence-electron chi connectivity index (χ1n) is 19.5. The van der Waals surface area contributed by atoms with E-state index in [2.05, 4.69) is 42.4 Å². The van der Waals surface area contributed by atoms with Gasteiger partial charge in [0.1, 0.15) is 23.7 Å². The standard InChI is InChI=1S/C43H52N8O6/c1-25(2)36(48-42(54)56-6)40(52)50-22-8-9-34(50)38-44-23-32(46-38)30-17-13-28(14-18-30)11-12-29-15-19-31(20-16-29)33-24-45-39(47-33)35-21-10-27(5)51(35)41(53)37(26(3)4)49-43(55)57-7/h13-20,23-27,34-37H,8-10,21-22H2,1-7H3,(H,44,46)(H,45,47)(H,48,54)(H,49,55)/t27-,34-,35-,36-,37-/m0/s1. The Morgan fingerprint density at radius 1 is 0.702 bits per heavy atom. The van der Waals surface area contributed by atoms with Crippen molar-refractivity contribution < 1.29 is 28.7 Å².